The van der Waals surface area contributed by atoms with Crippen LogP contribution in [-0.2, 0) is 5.21 Å². The maximum atomic E-state index is 10.0. The van der Waals surface area contributed by atoms with Crippen molar-refractivity contribution in [3.63, 3.8) is 0 Å². The minimum atomic E-state index is -0.796. The molecule has 1 unspecified atom stereocenters. The molecule has 0 amide bonds. The van der Waals surface area contributed by atoms with Gasteiger partial charge in [0.1, 0.15) is 0 Å². The SMILES string of the molecule is O[As]Cc1cccc(C(O)C#Cc2ccccc2)c1. The third-order valence-electron chi connectivity index (χ3n) is 2.65. The molecule has 19 heavy (non-hydrogen) atoms. The summed E-state index contributed by atoms with van der Waals surface area (Å²) in [6.07, 6.45) is -0.796. The van der Waals surface area contributed by atoms with Crippen molar-refractivity contribution >= 4 is 16.1 Å². The van der Waals surface area contributed by atoms with Crippen molar-refractivity contribution in [1.29, 1.82) is 0 Å². The van der Waals surface area contributed by atoms with Gasteiger partial charge < -0.3 is 0 Å². The Morgan fingerprint density at radius 1 is 1.05 bits per heavy atom. The molecule has 0 heterocycles. The normalized spacial score (nSPS) is 12.1. The molecule has 2 N–H and O–H groups in total. The number of benzene rings is 2. The fraction of sp³-hybridized carbons (Fsp3) is 0.125. The molecule has 3 heteroatoms. The molecule has 2 aromatic carbocycles. The van der Waals surface area contributed by atoms with E-state index >= 15 is 0 Å². The van der Waals surface area contributed by atoms with E-state index in [1.807, 2.05) is 54.6 Å². The van der Waals surface area contributed by atoms with E-state index in [0.29, 0.717) is 5.21 Å². The molecule has 0 bridgehead atoms. The summed E-state index contributed by atoms with van der Waals surface area (Å²) in [4.78, 5) is 0. The van der Waals surface area contributed by atoms with Crippen LogP contribution >= 0.6 is 0 Å². The van der Waals surface area contributed by atoms with Crippen molar-refractivity contribution in [2.45, 2.75) is 11.3 Å². The molecule has 0 aromatic heterocycles. The number of hydrogen-bond donors (Lipinski definition) is 2. The maximum absolute atomic E-state index is 10.0. The Bertz CT molecular complexity index is 584. The molecule has 2 rings (SSSR count). The number of hydrogen-bond acceptors (Lipinski definition) is 2. The quantitative estimate of drug-likeness (QED) is 0.671. The second-order valence-corrected chi connectivity index (χ2v) is 5.34. The third kappa shape index (κ3) is 4.26. The Balaban J connectivity index is 2.14. The summed E-state index contributed by atoms with van der Waals surface area (Å²) < 4.78 is 9.00. The summed E-state index contributed by atoms with van der Waals surface area (Å²) in [6.45, 7) is 0. The van der Waals surface area contributed by atoms with Crippen molar-refractivity contribution in [1.82, 2.24) is 0 Å². The van der Waals surface area contributed by atoms with Crippen molar-refractivity contribution in [3.05, 3.63) is 71.3 Å². The van der Waals surface area contributed by atoms with Crippen LogP contribution in [0.1, 0.15) is 22.8 Å². The van der Waals surface area contributed by atoms with Crippen LogP contribution in [0.2, 0.25) is 0 Å². The molecule has 0 fully saturated rings. The van der Waals surface area contributed by atoms with Gasteiger partial charge in [0, 0.05) is 0 Å². The standard InChI is InChI=1S/C16H14AsO2/c18-16(10-9-13-5-2-1-3-6-13)15-8-4-7-14(11-15)12-17-19/h1-8,11,16,18-19H,12H2. The van der Waals surface area contributed by atoms with E-state index in [9.17, 15) is 5.11 Å². The Kier molecular flexibility index (Phi) is 5.24. The van der Waals surface area contributed by atoms with E-state index in [4.69, 9.17) is 4.10 Å². The molecule has 0 spiro atoms. The summed E-state index contributed by atoms with van der Waals surface area (Å²) >= 11 is -0.638. The number of aliphatic hydroxyl groups excluding tert-OH is 1. The molecule has 0 aliphatic heterocycles. The number of rotatable bonds is 3. The van der Waals surface area contributed by atoms with E-state index in [1.165, 1.54) is 0 Å². The third-order valence-corrected chi connectivity index (χ3v) is 3.71. The molecule has 0 saturated heterocycles. The molecular weight excluding hydrogens is 299 g/mol. The van der Waals surface area contributed by atoms with Crippen molar-refractivity contribution < 1.29 is 9.20 Å². The summed E-state index contributed by atoms with van der Waals surface area (Å²) in [7, 11) is 0. The van der Waals surface area contributed by atoms with Gasteiger partial charge in [-0.15, -0.1) is 0 Å². The molecule has 0 saturated carbocycles. The van der Waals surface area contributed by atoms with Gasteiger partial charge in [-0.3, -0.25) is 0 Å². The average molecular weight is 313 g/mol. The van der Waals surface area contributed by atoms with E-state index in [0.717, 1.165) is 16.7 Å². The first-order chi connectivity index (χ1) is 9.29. The molecule has 0 aliphatic rings. The predicted octanol–water partition coefficient (Wildman–Crippen LogP) is 1.88. The summed E-state index contributed by atoms with van der Waals surface area (Å²) in [5.41, 5.74) is 2.70. The number of aliphatic hydroxyl groups is 1. The van der Waals surface area contributed by atoms with Crippen LogP contribution in [0.4, 0.5) is 0 Å². The van der Waals surface area contributed by atoms with Crippen molar-refractivity contribution in [2.75, 3.05) is 0 Å². The van der Waals surface area contributed by atoms with Gasteiger partial charge >= 0.3 is 120 Å². The summed E-state index contributed by atoms with van der Waals surface area (Å²) in [5.74, 6) is 5.79. The topological polar surface area (TPSA) is 40.5 Å². The Hall–Kier alpha value is -1.52. The van der Waals surface area contributed by atoms with Crippen molar-refractivity contribution in [3.8, 4) is 11.8 Å². The Morgan fingerprint density at radius 2 is 1.84 bits per heavy atom. The second kappa shape index (κ2) is 7.16. The van der Waals surface area contributed by atoms with Gasteiger partial charge in [0.15, 0.2) is 0 Å². The first-order valence-corrected chi connectivity index (χ1v) is 8.10. The van der Waals surface area contributed by atoms with Crippen LogP contribution in [0.5, 0.6) is 0 Å². The first-order valence-electron chi connectivity index (χ1n) is 5.94. The van der Waals surface area contributed by atoms with Crippen LogP contribution < -0.4 is 0 Å². The van der Waals surface area contributed by atoms with Gasteiger partial charge in [-0.05, 0) is 0 Å². The Labute approximate surface area is 120 Å². The van der Waals surface area contributed by atoms with Gasteiger partial charge in [-0.2, -0.15) is 0 Å². The van der Waals surface area contributed by atoms with Crippen LogP contribution in [0.3, 0.4) is 0 Å². The van der Waals surface area contributed by atoms with Crippen LogP contribution in [0, 0.1) is 11.8 Å². The second-order valence-electron chi connectivity index (χ2n) is 4.08. The van der Waals surface area contributed by atoms with Gasteiger partial charge in [-0.1, -0.05) is 0 Å². The van der Waals surface area contributed by atoms with E-state index < -0.39 is 22.2 Å². The Morgan fingerprint density at radius 3 is 2.58 bits per heavy atom. The van der Waals surface area contributed by atoms with E-state index in [1.54, 1.807) is 0 Å². The van der Waals surface area contributed by atoms with E-state index in [2.05, 4.69) is 11.8 Å². The fourth-order valence-corrected chi connectivity index (χ4v) is 2.46. The van der Waals surface area contributed by atoms with Crippen LogP contribution in [-0.4, -0.2) is 25.3 Å². The zero-order chi connectivity index (χ0) is 13.5. The monoisotopic (exact) mass is 313 g/mol. The van der Waals surface area contributed by atoms with Crippen molar-refractivity contribution in [2.24, 2.45) is 0 Å². The van der Waals surface area contributed by atoms with Crippen LogP contribution in [0.25, 0.3) is 0 Å². The molecule has 95 valence electrons. The average Bonchev–Trinajstić information content (AvgIpc) is 2.46. The molecule has 2 aromatic rings. The molecule has 2 nitrogen and oxygen atoms in total. The van der Waals surface area contributed by atoms with Gasteiger partial charge in [-0.25, -0.2) is 0 Å². The zero-order valence-electron chi connectivity index (χ0n) is 10.3. The zero-order valence-corrected chi connectivity index (χ0v) is 12.2. The summed E-state index contributed by atoms with van der Waals surface area (Å²) in [6, 6.07) is 17.2. The molecule has 1 radical (unpaired) electrons. The minimum absolute atomic E-state index is 0.638. The van der Waals surface area contributed by atoms with Crippen LogP contribution in [0.15, 0.2) is 54.6 Å². The predicted molar refractivity (Wildman–Crippen MR) is 76.4 cm³/mol. The van der Waals surface area contributed by atoms with Gasteiger partial charge in [0.25, 0.3) is 0 Å². The molecular formula is C16H14AsO2. The molecule has 1 atom stereocenters. The fourth-order valence-electron chi connectivity index (χ4n) is 1.70. The van der Waals surface area contributed by atoms with Gasteiger partial charge in [0.2, 0.25) is 0 Å². The summed E-state index contributed by atoms with van der Waals surface area (Å²) in [5, 5.41) is 10.7. The molecule has 0 aliphatic carbocycles. The van der Waals surface area contributed by atoms with E-state index in [-0.39, 0.29) is 0 Å². The van der Waals surface area contributed by atoms with Gasteiger partial charge in [0.05, 0.1) is 0 Å². The first kappa shape index (κ1) is 13.9.